The van der Waals surface area contributed by atoms with Gasteiger partial charge < -0.3 is 5.32 Å². The van der Waals surface area contributed by atoms with Crippen molar-refractivity contribution < 1.29 is 8.78 Å². The molecule has 1 unspecified atom stereocenters. The van der Waals surface area contributed by atoms with Crippen LogP contribution in [0.1, 0.15) is 30.5 Å². The summed E-state index contributed by atoms with van der Waals surface area (Å²) in [6.07, 6.45) is 0.894. The maximum atomic E-state index is 14.2. The van der Waals surface area contributed by atoms with Crippen LogP contribution in [0.15, 0.2) is 40.9 Å². The Morgan fingerprint density at radius 1 is 1.14 bits per heavy atom. The number of rotatable bonds is 5. The molecule has 0 fully saturated rings. The highest BCUT2D eigenvalue weighted by Crippen LogP contribution is 2.31. The third-order valence-electron chi connectivity index (χ3n) is 3.14. The Morgan fingerprint density at radius 3 is 2.57 bits per heavy atom. The van der Waals surface area contributed by atoms with E-state index in [1.165, 1.54) is 18.2 Å². The number of hydrogen-bond donors (Lipinski definition) is 1. The van der Waals surface area contributed by atoms with Crippen molar-refractivity contribution in [3.63, 3.8) is 0 Å². The second kappa shape index (κ2) is 7.34. The van der Waals surface area contributed by atoms with Gasteiger partial charge in [-0.3, -0.25) is 0 Å². The summed E-state index contributed by atoms with van der Waals surface area (Å²) in [5.41, 5.74) is 1.13. The van der Waals surface area contributed by atoms with Crippen molar-refractivity contribution in [1.29, 1.82) is 0 Å². The monoisotopic (exact) mass is 373 g/mol. The summed E-state index contributed by atoms with van der Waals surface area (Å²) in [6, 6.07) is 8.49. The van der Waals surface area contributed by atoms with Crippen LogP contribution in [-0.4, -0.2) is 6.54 Å². The van der Waals surface area contributed by atoms with E-state index in [0.29, 0.717) is 17.7 Å². The van der Waals surface area contributed by atoms with Crippen molar-refractivity contribution in [1.82, 2.24) is 5.32 Å². The highest BCUT2D eigenvalue weighted by Gasteiger charge is 2.20. The molecule has 112 valence electrons. The molecule has 0 saturated carbocycles. The SMILES string of the molecule is CCCNC(c1cc(Br)ccc1F)c1ccc(F)cc1Cl. The zero-order chi connectivity index (χ0) is 15.4. The average Bonchev–Trinajstić information content (AvgIpc) is 2.44. The van der Waals surface area contributed by atoms with Crippen molar-refractivity contribution in [3.8, 4) is 0 Å². The zero-order valence-electron chi connectivity index (χ0n) is 11.5. The Balaban J connectivity index is 2.49. The predicted octanol–water partition coefficient (Wildman–Crippen LogP) is 5.47. The molecule has 0 spiro atoms. The van der Waals surface area contributed by atoms with E-state index in [1.807, 2.05) is 6.92 Å². The molecule has 0 aliphatic heterocycles. The number of hydrogen-bond acceptors (Lipinski definition) is 1. The smallest absolute Gasteiger partial charge is 0.128 e. The van der Waals surface area contributed by atoms with E-state index in [9.17, 15) is 8.78 Å². The highest BCUT2D eigenvalue weighted by atomic mass is 79.9. The first kappa shape index (κ1) is 16.4. The summed E-state index contributed by atoms with van der Waals surface area (Å²) < 4.78 is 28.2. The molecule has 0 radical (unpaired) electrons. The van der Waals surface area contributed by atoms with Crippen LogP contribution < -0.4 is 5.32 Å². The molecular formula is C16H15BrClF2N. The van der Waals surface area contributed by atoms with Gasteiger partial charge in [-0.05, 0) is 48.9 Å². The van der Waals surface area contributed by atoms with Gasteiger partial charge in [-0.15, -0.1) is 0 Å². The Bertz CT molecular complexity index is 634. The Kier molecular flexibility index (Phi) is 5.73. The number of nitrogens with one attached hydrogen (secondary N) is 1. The van der Waals surface area contributed by atoms with E-state index in [4.69, 9.17) is 11.6 Å². The molecule has 1 N–H and O–H groups in total. The van der Waals surface area contributed by atoms with Gasteiger partial charge in [0.2, 0.25) is 0 Å². The summed E-state index contributed by atoms with van der Waals surface area (Å²) in [7, 11) is 0. The van der Waals surface area contributed by atoms with E-state index in [2.05, 4.69) is 21.2 Å². The van der Waals surface area contributed by atoms with Gasteiger partial charge in [0.1, 0.15) is 11.6 Å². The van der Waals surface area contributed by atoms with Gasteiger partial charge in [-0.25, -0.2) is 8.78 Å². The maximum Gasteiger partial charge on any atom is 0.128 e. The minimum absolute atomic E-state index is 0.281. The van der Waals surface area contributed by atoms with Crippen molar-refractivity contribution in [2.24, 2.45) is 0 Å². The average molecular weight is 375 g/mol. The topological polar surface area (TPSA) is 12.0 Å². The Hall–Kier alpha value is -0.970. The minimum Gasteiger partial charge on any atom is -0.306 e. The fourth-order valence-corrected chi connectivity index (χ4v) is 2.80. The zero-order valence-corrected chi connectivity index (χ0v) is 13.8. The molecule has 0 aromatic heterocycles. The lowest BCUT2D eigenvalue weighted by molar-refractivity contribution is 0.545. The van der Waals surface area contributed by atoms with Crippen LogP contribution in [0.3, 0.4) is 0 Å². The van der Waals surface area contributed by atoms with Crippen molar-refractivity contribution in [2.75, 3.05) is 6.54 Å². The quantitative estimate of drug-likeness (QED) is 0.732. The molecule has 0 saturated heterocycles. The van der Waals surface area contributed by atoms with Crippen LogP contribution in [0.5, 0.6) is 0 Å². The molecule has 2 rings (SSSR count). The van der Waals surface area contributed by atoms with Gasteiger partial charge in [0, 0.05) is 15.1 Å². The molecule has 0 aliphatic carbocycles. The van der Waals surface area contributed by atoms with Crippen LogP contribution in [0.2, 0.25) is 5.02 Å². The standard InChI is InChI=1S/C16H15BrClF2N/c1-2-7-21-16(12-5-4-11(19)9-14(12)18)13-8-10(17)3-6-15(13)20/h3-6,8-9,16,21H,2,7H2,1H3. The maximum absolute atomic E-state index is 14.2. The van der Waals surface area contributed by atoms with Crippen LogP contribution in [0.25, 0.3) is 0 Å². The second-order valence-corrected chi connectivity index (χ2v) is 6.04. The summed E-state index contributed by atoms with van der Waals surface area (Å²) in [5, 5.41) is 3.54. The van der Waals surface area contributed by atoms with E-state index >= 15 is 0 Å². The van der Waals surface area contributed by atoms with Gasteiger partial charge in [0.05, 0.1) is 6.04 Å². The first-order chi connectivity index (χ1) is 10.0. The summed E-state index contributed by atoms with van der Waals surface area (Å²) >= 11 is 9.48. The first-order valence-corrected chi connectivity index (χ1v) is 7.83. The normalized spacial score (nSPS) is 12.4. The third-order valence-corrected chi connectivity index (χ3v) is 3.96. The molecule has 1 nitrogen and oxygen atoms in total. The third kappa shape index (κ3) is 4.02. The van der Waals surface area contributed by atoms with Gasteiger partial charge in [-0.2, -0.15) is 0 Å². The van der Waals surface area contributed by atoms with E-state index in [0.717, 1.165) is 10.9 Å². The van der Waals surface area contributed by atoms with Crippen LogP contribution in [0, 0.1) is 11.6 Å². The Morgan fingerprint density at radius 2 is 1.90 bits per heavy atom. The molecule has 5 heteroatoms. The highest BCUT2D eigenvalue weighted by molar-refractivity contribution is 9.10. The fourth-order valence-electron chi connectivity index (χ4n) is 2.15. The molecule has 2 aromatic carbocycles. The molecule has 0 aliphatic rings. The van der Waals surface area contributed by atoms with Gasteiger partial charge in [-0.1, -0.05) is 40.5 Å². The predicted molar refractivity (Wildman–Crippen MR) is 85.6 cm³/mol. The number of benzene rings is 2. The van der Waals surface area contributed by atoms with Crippen molar-refractivity contribution in [3.05, 3.63) is 68.7 Å². The molecule has 1 atom stereocenters. The van der Waals surface area contributed by atoms with Crippen LogP contribution in [0.4, 0.5) is 8.78 Å². The van der Waals surface area contributed by atoms with Crippen molar-refractivity contribution >= 4 is 27.5 Å². The van der Waals surface area contributed by atoms with Crippen LogP contribution in [-0.2, 0) is 0 Å². The lowest BCUT2D eigenvalue weighted by atomic mass is 9.98. The molecule has 0 heterocycles. The van der Waals surface area contributed by atoms with Gasteiger partial charge in [0.25, 0.3) is 0 Å². The first-order valence-electron chi connectivity index (χ1n) is 6.66. The van der Waals surface area contributed by atoms with E-state index in [-0.39, 0.29) is 10.8 Å². The largest absolute Gasteiger partial charge is 0.306 e. The van der Waals surface area contributed by atoms with Gasteiger partial charge in [0.15, 0.2) is 0 Å². The van der Waals surface area contributed by atoms with Gasteiger partial charge >= 0.3 is 0 Å². The summed E-state index contributed by atoms with van der Waals surface area (Å²) in [4.78, 5) is 0. The molecule has 2 aromatic rings. The molecule has 21 heavy (non-hydrogen) atoms. The summed E-state index contributed by atoms with van der Waals surface area (Å²) in [5.74, 6) is -0.736. The van der Waals surface area contributed by atoms with Crippen molar-refractivity contribution in [2.45, 2.75) is 19.4 Å². The minimum atomic E-state index is -0.421. The fraction of sp³-hybridized carbons (Fsp3) is 0.250. The lowest BCUT2D eigenvalue weighted by Gasteiger charge is -2.21. The Labute approximate surface area is 136 Å². The second-order valence-electron chi connectivity index (χ2n) is 4.72. The molecular weight excluding hydrogens is 360 g/mol. The molecule has 0 bridgehead atoms. The molecule has 0 amide bonds. The number of halogens is 4. The van der Waals surface area contributed by atoms with E-state index in [1.54, 1.807) is 18.2 Å². The lowest BCUT2D eigenvalue weighted by Crippen LogP contribution is -2.24. The van der Waals surface area contributed by atoms with Crippen LogP contribution >= 0.6 is 27.5 Å². The van der Waals surface area contributed by atoms with E-state index < -0.39 is 11.9 Å². The summed E-state index contributed by atoms with van der Waals surface area (Å²) in [6.45, 7) is 2.72.